The Labute approximate surface area is 403 Å². The summed E-state index contributed by atoms with van der Waals surface area (Å²) in [4.78, 5) is 42.0. The maximum atomic E-state index is 13.4. The lowest BCUT2D eigenvalue weighted by molar-refractivity contribution is -0.161. The monoisotopic (exact) mass is 920 g/mol. The topological polar surface area (TPSA) is 102 Å². The van der Waals surface area contributed by atoms with Crippen molar-refractivity contribution in [3.63, 3.8) is 0 Å². The minimum atomic E-state index is -0.507. The van der Waals surface area contributed by atoms with Gasteiger partial charge in [0.2, 0.25) is 0 Å². The summed E-state index contributed by atoms with van der Waals surface area (Å²) in [6.07, 6.45) is 40.5. The van der Waals surface area contributed by atoms with Crippen LogP contribution in [0.2, 0.25) is 0 Å². The number of hydrogen-bond donors (Lipinski definition) is 1. The number of aliphatic hydroxyl groups is 1. The fourth-order valence-corrected chi connectivity index (χ4v) is 9.50. The number of hydrogen-bond acceptors (Lipinski definition) is 8. The largest absolute Gasteiger partial charge is 0.465 e. The number of carbonyl (C=O) groups is 3. The molecule has 8 nitrogen and oxygen atoms in total. The molecule has 0 aromatic heterocycles. The van der Waals surface area contributed by atoms with Crippen LogP contribution in [0, 0.1) is 10.8 Å². The smallest absolute Gasteiger partial charge is 0.323 e. The van der Waals surface area contributed by atoms with Gasteiger partial charge >= 0.3 is 17.9 Å². The van der Waals surface area contributed by atoms with Crippen LogP contribution in [0.15, 0.2) is 0 Å². The van der Waals surface area contributed by atoms with E-state index in [1.165, 1.54) is 116 Å². The predicted molar refractivity (Wildman–Crippen MR) is 273 cm³/mol. The molecule has 0 aliphatic carbocycles. The third kappa shape index (κ3) is 31.2. The number of nitrogens with zero attached hydrogens (tertiary/aromatic N) is 1. The fraction of sp³-hybridized carbons (Fsp3) is 0.947. The number of aliphatic hydroxyl groups excluding tert-OH is 1. The first-order valence-electron chi connectivity index (χ1n) is 28.3. The van der Waals surface area contributed by atoms with Gasteiger partial charge in [0.1, 0.15) is 18.2 Å². The number of esters is 3. The van der Waals surface area contributed by atoms with Crippen molar-refractivity contribution >= 4 is 17.9 Å². The lowest BCUT2D eigenvalue weighted by Gasteiger charge is -2.27. The number of rotatable bonds is 45. The van der Waals surface area contributed by atoms with Gasteiger partial charge in [0, 0.05) is 13.0 Å². The Hall–Kier alpha value is -1.67. The Morgan fingerprint density at radius 3 is 1.25 bits per heavy atom. The fourth-order valence-electron chi connectivity index (χ4n) is 9.50. The molecule has 1 heterocycles. The number of β-amino-alcohol motifs (C(OH)–C–C–N with tert-alkyl or cyclic N) is 1. The molecule has 65 heavy (non-hydrogen) atoms. The number of unbranched alkanes of at least 4 members (excludes halogenated alkanes) is 24. The lowest BCUT2D eigenvalue weighted by atomic mass is 9.86. The van der Waals surface area contributed by atoms with E-state index in [4.69, 9.17) is 14.2 Å². The molecule has 0 bridgehead atoms. The maximum absolute atomic E-state index is 13.4. The molecular weight excluding hydrogens is 811 g/mol. The second kappa shape index (κ2) is 39.2. The van der Waals surface area contributed by atoms with Gasteiger partial charge in [-0.1, -0.05) is 182 Å². The van der Waals surface area contributed by atoms with Crippen LogP contribution >= 0.6 is 0 Å². The van der Waals surface area contributed by atoms with E-state index in [0.29, 0.717) is 19.6 Å². The molecule has 3 atom stereocenters. The van der Waals surface area contributed by atoms with Crippen LogP contribution in [-0.2, 0) is 28.6 Å². The molecular formula is C57H109NO7. The van der Waals surface area contributed by atoms with E-state index in [0.717, 1.165) is 122 Å². The van der Waals surface area contributed by atoms with Crippen molar-refractivity contribution in [2.24, 2.45) is 10.8 Å². The van der Waals surface area contributed by atoms with Crippen molar-refractivity contribution in [2.45, 2.75) is 317 Å². The molecule has 384 valence electrons. The number of likely N-dealkylation sites (tertiary alicyclic amines) is 1. The van der Waals surface area contributed by atoms with Crippen LogP contribution in [0.3, 0.4) is 0 Å². The Morgan fingerprint density at radius 2 is 0.831 bits per heavy atom. The summed E-state index contributed by atoms with van der Waals surface area (Å²) >= 11 is 0. The highest BCUT2D eigenvalue weighted by molar-refractivity contribution is 5.77. The molecule has 1 aliphatic heterocycles. The summed E-state index contributed by atoms with van der Waals surface area (Å²) in [6.45, 7) is 18.8. The summed E-state index contributed by atoms with van der Waals surface area (Å²) in [5.41, 5.74) is -1.00. The van der Waals surface area contributed by atoms with Gasteiger partial charge in [-0.05, 0) is 111 Å². The predicted octanol–water partition coefficient (Wildman–Crippen LogP) is 16.0. The first-order valence-corrected chi connectivity index (χ1v) is 28.3. The molecule has 0 aromatic carbocycles. The highest BCUT2D eigenvalue weighted by Crippen LogP contribution is 2.30. The minimum Gasteiger partial charge on any atom is -0.465 e. The second-order valence-corrected chi connectivity index (χ2v) is 21.7. The zero-order chi connectivity index (χ0) is 48.0. The average Bonchev–Trinajstić information content (AvgIpc) is 3.66. The molecule has 1 unspecified atom stereocenters. The Kier molecular flexibility index (Phi) is 37.0. The van der Waals surface area contributed by atoms with Crippen LogP contribution in [0.5, 0.6) is 0 Å². The summed E-state index contributed by atoms with van der Waals surface area (Å²) in [7, 11) is 0. The van der Waals surface area contributed by atoms with Crippen LogP contribution < -0.4 is 0 Å². The van der Waals surface area contributed by atoms with Gasteiger partial charge in [-0.15, -0.1) is 0 Å². The SMILES string of the molecule is CCCCCCCCC(CCCCCC)OC(=O)C(C)(C)CCCCCCN1C[C@@H](O)C[C@H]1C(=O)OCCCCCCC(C)(C)C(=O)OC(CCCCCCCC)CCCCCCCC. The standard InChI is InChI=1S/C57H109NO7/c1-9-13-17-21-24-32-40-50(39-31-20-16-12-4)64-54(61)56(5,6)43-35-27-29-37-45-58-48-49(59)47-52(58)53(60)63-46-38-30-28-36-44-57(7,8)55(62)65-51(41-33-25-22-18-14-10-2)42-34-26-23-19-15-11-3/h49-52,59H,9-48H2,1-8H3/t49-,50?,52-/m0/s1. The van der Waals surface area contributed by atoms with Crippen molar-refractivity contribution in [1.82, 2.24) is 4.90 Å². The molecule has 1 N–H and O–H groups in total. The van der Waals surface area contributed by atoms with Gasteiger partial charge < -0.3 is 19.3 Å². The van der Waals surface area contributed by atoms with Gasteiger partial charge in [0.05, 0.1) is 23.5 Å². The van der Waals surface area contributed by atoms with Gasteiger partial charge in [-0.2, -0.15) is 0 Å². The van der Waals surface area contributed by atoms with Crippen molar-refractivity contribution in [2.75, 3.05) is 19.7 Å². The first-order chi connectivity index (χ1) is 31.3. The lowest BCUT2D eigenvalue weighted by Crippen LogP contribution is -2.38. The van der Waals surface area contributed by atoms with Gasteiger partial charge in [0.15, 0.2) is 0 Å². The third-order valence-electron chi connectivity index (χ3n) is 14.3. The summed E-state index contributed by atoms with van der Waals surface area (Å²) in [5.74, 6) is -0.311. The van der Waals surface area contributed by atoms with Crippen molar-refractivity contribution in [1.29, 1.82) is 0 Å². The van der Waals surface area contributed by atoms with E-state index in [1.807, 2.05) is 27.7 Å². The molecule has 8 heteroatoms. The van der Waals surface area contributed by atoms with Crippen molar-refractivity contribution in [3.8, 4) is 0 Å². The van der Waals surface area contributed by atoms with Crippen LogP contribution in [0.25, 0.3) is 0 Å². The van der Waals surface area contributed by atoms with E-state index >= 15 is 0 Å². The van der Waals surface area contributed by atoms with Crippen molar-refractivity contribution < 1.29 is 33.7 Å². The molecule has 1 aliphatic rings. The van der Waals surface area contributed by atoms with E-state index in [-0.39, 0.29) is 36.2 Å². The molecule has 0 saturated carbocycles. The maximum Gasteiger partial charge on any atom is 0.323 e. The normalized spacial score (nSPS) is 16.3. The zero-order valence-corrected chi connectivity index (χ0v) is 44.4. The third-order valence-corrected chi connectivity index (χ3v) is 14.3. The van der Waals surface area contributed by atoms with Crippen molar-refractivity contribution in [3.05, 3.63) is 0 Å². The Bertz CT molecular complexity index is 1140. The molecule has 0 spiro atoms. The van der Waals surface area contributed by atoms with E-state index in [9.17, 15) is 19.5 Å². The summed E-state index contributed by atoms with van der Waals surface area (Å²) < 4.78 is 18.2. The molecule has 1 fully saturated rings. The van der Waals surface area contributed by atoms with Crippen LogP contribution in [-0.4, -0.2) is 72.0 Å². The Morgan fingerprint density at radius 1 is 0.492 bits per heavy atom. The average molecular weight is 920 g/mol. The number of ether oxygens (including phenoxy) is 3. The highest BCUT2D eigenvalue weighted by Gasteiger charge is 2.37. The Balaban J connectivity index is 2.40. The number of carbonyl (C=O) groups excluding carboxylic acids is 3. The second-order valence-electron chi connectivity index (χ2n) is 21.7. The molecule has 0 radical (unpaired) electrons. The van der Waals surface area contributed by atoms with E-state index in [2.05, 4.69) is 32.6 Å². The summed E-state index contributed by atoms with van der Waals surface area (Å²) in [5, 5.41) is 10.5. The van der Waals surface area contributed by atoms with Gasteiger partial charge in [-0.3, -0.25) is 19.3 Å². The van der Waals surface area contributed by atoms with E-state index in [1.54, 1.807) is 0 Å². The minimum absolute atomic E-state index is 0.0366. The quantitative estimate of drug-likeness (QED) is 0.0366. The van der Waals surface area contributed by atoms with Crippen LogP contribution in [0.1, 0.15) is 293 Å². The molecule has 1 saturated heterocycles. The van der Waals surface area contributed by atoms with Crippen LogP contribution in [0.4, 0.5) is 0 Å². The van der Waals surface area contributed by atoms with Gasteiger partial charge in [-0.25, -0.2) is 0 Å². The summed E-state index contributed by atoms with van der Waals surface area (Å²) in [6, 6.07) is -0.386. The molecule has 1 rings (SSSR count). The molecule has 0 aromatic rings. The van der Waals surface area contributed by atoms with Gasteiger partial charge in [0.25, 0.3) is 0 Å². The van der Waals surface area contributed by atoms with E-state index < -0.39 is 16.9 Å². The highest BCUT2D eigenvalue weighted by atomic mass is 16.6. The zero-order valence-electron chi connectivity index (χ0n) is 44.4. The first kappa shape index (κ1) is 61.3. The molecule has 0 amide bonds.